The van der Waals surface area contributed by atoms with E-state index in [1.807, 2.05) is 0 Å². The number of aliphatic hydroxyl groups is 1. The smallest absolute Gasteiger partial charge is 0.0830 e. The second-order valence-electron chi connectivity index (χ2n) is 5.03. The van der Waals surface area contributed by atoms with E-state index in [0.717, 1.165) is 18.8 Å². The van der Waals surface area contributed by atoms with Crippen molar-refractivity contribution in [3.05, 3.63) is 11.6 Å². The van der Waals surface area contributed by atoms with Gasteiger partial charge in [-0.2, -0.15) is 0 Å². The van der Waals surface area contributed by atoms with Gasteiger partial charge < -0.3 is 5.11 Å². The first-order chi connectivity index (χ1) is 6.56. The van der Waals surface area contributed by atoms with Gasteiger partial charge in [-0.3, -0.25) is 0 Å². The summed E-state index contributed by atoms with van der Waals surface area (Å²) >= 11 is 0. The Hall–Kier alpha value is -0.300. The predicted octanol–water partition coefficient (Wildman–Crippen LogP) is 3.67. The lowest BCUT2D eigenvalue weighted by molar-refractivity contribution is 0.0726. The molecule has 0 aliphatic heterocycles. The standard InChI is InChI=1S/C13H24O/c1-4-12-6-5-8-13(14,9-7-12)10-11(2)3/h10,12,14H,4-9H2,1-3H3. The zero-order valence-electron chi connectivity index (χ0n) is 9.84. The topological polar surface area (TPSA) is 20.2 Å². The highest BCUT2D eigenvalue weighted by atomic mass is 16.3. The second kappa shape index (κ2) is 4.97. The van der Waals surface area contributed by atoms with Crippen LogP contribution in [0.2, 0.25) is 0 Å². The van der Waals surface area contributed by atoms with Crippen LogP contribution in [0.3, 0.4) is 0 Å². The van der Waals surface area contributed by atoms with E-state index in [1.165, 1.54) is 31.3 Å². The molecule has 2 unspecified atom stereocenters. The van der Waals surface area contributed by atoms with Gasteiger partial charge in [0.2, 0.25) is 0 Å². The molecule has 1 aliphatic carbocycles. The van der Waals surface area contributed by atoms with Crippen LogP contribution in [0, 0.1) is 5.92 Å². The van der Waals surface area contributed by atoms with E-state index in [4.69, 9.17) is 0 Å². The van der Waals surface area contributed by atoms with Crippen LogP contribution < -0.4 is 0 Å². The molecule has 0 amide bonds. The molecule has 0 saturated heterocycles. The van der Waals surface area contributed by atoms with Crippen molar-refractivity contribution in [2.45, 2.75) is 64.9 Å². The van der Waals surface area contributed by atoms with Crippen molar-refractivity contribution >= 4 is 0 Å². The first-order valence-electron chi connectivity index (χ1n) is 5.94. The summed E-state index contributed by atoms with van der Waals surface area (Å²) in [7, 11) is 0. The van der Waals surface area contributed by atoms with Crippen molar-refractivity contribution < 1.29 is 5.11 Å². The van der Waals surface area contributed by atoms with E-state index in [2.05, 4.69) is 26.8 Å². The summed E-state index contributed by atoms with van der Waals surface area (Å²) in [4.78, 5) is 0. The Kier molecular flexibility index (Phi) is 4.18. The molecule has 1 nitrogen and oxygen atoms in total. The molecule has 0 bridgehead atoms. The van der Waals surface area contributed by atoms with Gasteiger partial charge in [-0.05, 0) is 45.4 Å². The number of rotatable bonds is 2. The third-order valence-corrected chi connectivity index (χ3v) is 3.34. The van der Waals surface area contributed by atoms with Crippen LogP contribution in [-0.2, 0) is 0 Å². The quantitative estimate of drug-likeness (QED) is 0.527. The van der Waals surface area contributed by atoms with Gasteiger partial charge >= 0.3 is 0 Å². The maximum Gasteiger partial charge on any atom is 0.0830 e. The Morgan fingerprint density at radius 2 is 2.07 bits per heavy atom. The molecule has 0 heterocycles. The molecule has 1 saturated carbocycles. The van der Waals surface area contributed by atoms with Crippen LogP contribution in [0.1, 0.15) is 59.3 Å². The van der Waals surface area contributed by atoms with Gasteiger partial charge in [-0.25, -0.2) is 0 Å². The molecule has 2 atom stereocenters. The van der Waals surface area contributed by atoms with Gasteiger partial charge in [-0.15, -0.1) is 0 Å². The van der Waals surface area contributed by atoms with Crippen molar-refractivity contribution in [1.82, 2.24) is 0 Å². The molecule has 1 heteroatoms. The molecule has 82 valence electrons. The van der Waals surface area contributed by atoms with Crippen LogP contribution in [0.4, 0.5) is 0 Å². The fourth-order valence-electron chi connectivity index (χ4n) is 2.51. The van der Waals surface area contributed by atoms with Gasteiger partial charge in [0.1, 0.15) is 0 Å². The van der Waals surface area contributed by atoms with Gasteiger partial charge in [0.25, 0.3) is 0 Å². The average molecular weight is 196 g/mol. The van der Waals surface area contributed by atoms with Crippen LogP contribution >= 0.6 is 0 Å². The summed E-state index contributed by atoms with van der Waals surface area (Å²) in [5, 5.41) is 10.4. The highest BCUT2D eigenvalue weighted by Gasteiger charge is 2.27. The number of allylic oxidation sites excluding steroid dienone is 1. The summed E-state index contributed by atoms with van der Waals surface area (Å²) in [6.45, 7) is 6.40. The molecule has 0 aromatic rings. The van der Waals surface area contributed by atoms with E-state index < -0.39 is 5.60 Å². The van der Waals surface area contributed by atoms with E-state index in [1.54, 1.807) is 0 Å². The van der Waals surface area contributed by atoms with E-state index in [0.29, 0.717) is 0 Å². The van der Waals surface area contributed by atoms with Crippen molar-refractivity contribution in [3.63, 3.8) is 0 Å². The van der Waals surface area contributed by atoms with Crippen molar-refractivity contribution in [2.75, 3.05) is 0 Å². The minimum absolute atomic E-state index is 0.497. The fraction of sp³-hybridized carbons (Fsp3) is 0.846. The van der Waals surface area contributed by atoms with E-state index in [-0.39, 0.29) is 0 Å². The molecule has 0 radical (unpaired) electrons. The lowest BCUT2D eigenvalue weighted by Gasteiger charge is -2.23. The molecule has 14 heavy (non-hydrogen) atoms. The Morgan fingerprint density at radius 3 is 2.64 bits per heavy atom. The largest absolute Gasteiger partial charge is 0.386 e. The minimum Gasteiger partial charge on any atom is -0.386 e. The molecule has 1 aliphatic rings. The normalized spacial score (nSPS) is 33.6. The Morgan fingerprint density at radius 1 is 1.36 bits per heavy atom. The Bertz CT molecular complexity index is 203. The Balaban J connectivity index is 2.60. The first-order valence-corrected chi connectivity index (χ1v) is 5.94. The lowest BCUT2D eigenvalue weighted by atomic mass is 9.91. The van der Waals surface area contributed by atoms with Gasteiger partial charge in [0.15, 0.2) is 0 Å². The monoisotopic (exact) mass is 196 g/mol. The molecule has 1 N–H and O–H groups in total. The molecule has 1 fully saturated rings. The van der Waals surface area contributed by atoms with Gasteiger partial charge in [-0.1, -0.05) is 31.4 Å². The summed E-state index contributed by atoms with van der Waals surface area (Å²) in [6, 6.07) is 0. The van der Waals surface area contributed by atoms with Crippen molar-refractivity contribution in [1.29, 1.82) is 0 Å². The van der Waals surface area contributed by atoms with E-state index >= 15 is 0 Å². The first kappa shape index (κ1) is 11.8. The van der Waals surface area contributed by atoms with Gasteiger partial charge in [0, 0.05) is 0 Å². The number of hydrogen-bond acceptors (Lipinski definition) is 1. The minimum atomic E-state index is -0.497. The molecule has 1 rings (SSSR count). The SMILES string of the molecule is CCC1CCCC(O)(C=C(C)C)CC1. The fourth-order valence-corrected chi connectivity index (χ4v) is 2.51. The third kappa shape index (κ3) is 3.45. The van der Waals surface area contributed by atoms with Crippen LogP contribution in [0.15, 0.2) is 11.6 Å². The van der Waals surface area contributed by atoms with Crippen LogP contribution in [0.25, 0.3) is 0 Å². The zero-order chi connectivity index (χ0) is 10.6. The maximum atomic E-state index is 10.4. The second-order valence-corrected chi connectivity index (χ2v) is 5.03. The van der Waals surface area contributed by atoms with Crippen molar-refractivity contribution in [3.8, 4) is 0 Å². The summed E-state index contributed by atoms with van der Waals surface area (Å²) < 4.78 is 0. The van der Waals surface area contributed by atoms with Crippen LogP contribution in [-0.4, -0.2) is 10.7 Å². The maximum absolute atomic E-state index is 10.4. The molecule has 0 aromatic carbocycles. The molecular weight excluding hydrogens is 172 g/mol. The van der Waals surface area contributed by atoms with Crippen LogP contribution in [0.5, 0.6) is 0 Å². The van der Waals surface area contributed by atoms with Crippen molar-refractivity contribution in [2.24, 2.45) is 5.92 Å². The summed E-state index contributed by atoms with van der Waals surface area (Å²) in [5.74, 6) is 0.842. The molecular formula is C13H24O. The predicted molar refractivity (Wildman–Crippen MR) is 61.2 cm³/mol. The lowest BCUT2D eigenvalue weighted by Crippen LogP contribution is -2.25. The number of hydrogen-bond donors (Lipinski definition) is 1. The molecule has 0 aromatic heterocycles. The zero-order valence-corrected chi connectivity index (χ0v) is 9.84. The molecule has 0 spiro atoms. The third-order valence-electron chi connectivity index (χ3n) is 3.34. The Labute approximate surface area is 88.2 Å². The highest BCUT2D eigenvalue weighted by Crippen LogP contribution is 2.33. The van der Waals surface area contributed by atoms with Gasteiger partial charge in [0.05, 0.1) is 5.60 Å². The summed E-state index contributed by atoms with van der Waals surface area (Å²) in [6.07, 6.45) is 8.91. The van der Waals surface area contributed by atoms with E-state index in [9.17, 15) is 5.11 Å². The summed E-state index contributed by atoms with van der Waals surface area (Å²) in [5.41, 5.74) is 0.741. The average Bonchev–Trinajstić information content (AvgIpc) is 2.26. The highest BCUT2D eigenvalue weighted by molar-refractivity contribution is 5.07.